The molecular formula is C17H12. The van der Waals surface area contributed by atoms with Gasteiger partial charge in [-0.15, -0.1) is 5.92 Å². The molecule has 80 valence electrons. The highest BCUT2D eigenvalue weighted by atomic mass is 14.0. The highest BCUT2D eigenvalue weighted by Gasteiger charge is 2.02. The van der Waals surface area contributed by atoms with Crippen molar-refractivity contribution in [2.75, 3.05) is 0 Å². The van der Waals surface area contributed by atoms with Crippen molar-refractivity contribution >= 4 is 21.5 Å². The van der Waals surface area contributed by atoms with Gasteiger partial charge in [-0.25, -0.2) is 0 Å². The van der Waals surface area contributed by atoms with E-state index in [1.165, 1.54) is 21.5 Å². The molecule has 0 N–H and O–H groups in total. The molecule has 3 aromatic carbocycles. The van der Waals surface area contributed by atoms with Gasteiger partial charge in [-0.3, -0.25) is 0 Å². The fourth-order valence-electron chi connectivity index (χ4n) is 2.28. The molecule has 3 rings (SSSR count). The van der Waals surface area contributed by atoms with Crippen molar-refractivity contribution in [2.45, 2.75) is 6.92 Å². The lowest BCUT2D eigenvalue weighted by atomic mass is 9.99. The number of fused-ring (bicyclic) bond motifs is 3. The molecule has 0 saturated heterocycles. The summed E-state index contributed by atoms with van der Waals surface area (Å²) in [6.07, 6.45) is 0. The predicted octanol–water partition coefficient (Wildman–Crippen LogP) is 4.36. The molecule has 0 saturated carbocycles. The zero-order chi connectivity index (χ0) is 11.7. The van der Waals surface area contributed by atoms with Crippen LogP contribution in [-0.2, 0) is 0 Å². The van der Waals surface area contributed by atoms with E-state index in [9.17, 15) is 0 Å². The molecule has 0 amide bonds. The largest absolute Gasteiger partial charge is 0.101 e. The third kappa shape index (κ3) is 1.57. The first-order chi connectivity index (χ1) is 8.40. The maximum atomic E-state index is 3.17. The average molecular weight is 216 g/mol. The Bertz CT molecular complexity index is 755. The molecule has 0 spiro atoms. The molecule has 3 aromatic rings. The van der Waals surface area contributed by atoms with Crippen LogP contribution in [0.4, 0.5) is 0 Å². The maximum absolute atomic E-state index is 3.17. The summed E-state index contributed by atoms with van der Waals surface area (Å²) in [5.41, 5.74) is 1.11. The van der Waals surface area contributed by atoms with Crippen LogP contribution in [0.3, 0.4) is 0 Å². The molecule has 0 aliphatic carbocycles. The van der Waals surface area contributed by atoms with Crippen molar-refractivity contribution in [3.05, 3.63) is 60.2 Å². The van der Waals surface area contributed by atoms with E-state index in [2.05, 4.69) is 66.4 Å². The van der Waals surface area contributed by atoms with Gasteiger partial charge < -0.3 is 0 Å². The van der Waals surface area contributed by atoms with E-state index in [0.717, 1.165) is 5.56 Å². The molecule has 0 fully saturated rings. The molecule has 0 atom stereocenters. The van der Waals surface area contributed by atoms with Gasteiger partial charge in [0.1, 0.15) is 0 Å². The summed E-state index contributed by atoms with van der Waals surface area (Å²) in [5.74, 6) is 6.14. The standard InChI is InChI=1S/C17H12/c1-2-6-13-8-5-10-17-15-9-4-3-7-14(15)11-12-16(13)17/h3-5,7-12H,1H3. The smallest absolute Gasteiger partial charge is 0.0323 e. The van der Waals surface area contributed by atoms with E-state index in [1.54, 1.807) is 0 Å². The van der Waals surface area contributed by atoms with Crippen molar-refractivity contribution in [1.82, 2.24) is 0 Å². The minimum atomic E-state index is 1.11. The summed E-state index contributed by atoms with van der Waals surface area (Å²) in [5, 5.41) is 5.09. The molecule has 0 aliphatic rings. The first-order valence-electron chi connectivity index (χ1n) is 5.73. The van der Waals surface area contributed by atoms with Gasteiger partial charge in [0.15, 0.2) is 0 Å². The summed E-state index contributed by atoms with van der Waals surface area (Å²) in [7, 11) is 0. The first kappa shape index (κ1) is 9.93. The van der Waals surface area contributed by atoms with Gasteiger partial charge in [-0.2, -0.15) is 0 Å². The van der Waals surface area contributed by atoms with Crippen LogP contribution in [-0.4, -0.2) is 0 Å². The minimum absolute atomic E-state index is 1.11. The van der Waals surface area contributed by atoms with Crippen molar-refractivity contribution in [1.29, 1.82) is 0 Å². The molecule has 17 heavy (non-hydrogen) atoms. The lowest BCUT2D eigenvalue weighted by molar-refractivity contribution is 1.71. The lowest BCUT2D eigenvalue weighted by Crippen LogP contribution is -1.81. The molecule has 0 heteroatoms. The van der Waals surface area contributed by atoms with E-state index in [0.29, 0.717) is 0 Å². The number of hydrogen-bond acceptors (Lipinski definition) is 0. The zero-order valence-electron chi connectivity index (χ0n) is 9.70. The second kappa shape index (κ2) is 3.96. The van der Waals surface area contributed by atoms with E-state index in [1.807, 2.05) is 6.92 Å². The predicted molar refractivity (Wildman–Crippen MR) is 74.0 cm³/mol. The van der Waals surface area contributed by atoms with Crippen LogP contribution in [0.5, 0.6) is 0 Å². The van der Waals surface area contributed by atoms with Gasteiger partial charge in [0.25, 0.3) is 0 Å². The van der Waals surface area contributed by atoms with E-state index in [4.69, 9.17) is 0 Å². The van der Waals surface area contributed by atoms with Gasteiger partial charge in [0.2, 0.25) is 0 Å². The number of benzene rings is 3. The van der Waals surface area contributed by atoms with Crippen LogP contribution in [0.1, 0.15) is 12.5 Å². The van der Waals surface area contributed by atoms with E-state index < -0.39 is 0 Å². The van der Waals surface area contributed by atoms with Gasteiger partial charge in [0.05, 0.1) is 0 Å². The molecule has 0 unspecified atom stereocenters. The van der Waals surface area contributed by atoms with Gasteiger partial charge in [-0.05, 0) is 34.5 Å². The molecular weight excluding hydrogens is 204 g/mol. The monoisotopic (exact) mass is 216 g/mol. The van der Waals surface area contributed by atoms with Gasteiger partial charge in [-0.1, -0.05) is 54.5 Å². The van der Waals surface area contributed by atoms with Crippen LogP contribution >= 0.6 is 0 Å². The molecule has 0 aromatic heterocycles. The Morgan fingerprint density at radius 3 is 2.41 bits per heavy atom. The Morgan fingerprint density at radius 1 is 0.706 bits per heavy atom. The third-order valence-corrected chi connectivity index (χ3v) is 3.05. The molecule has 0 aliphatic heterocycles. The summed E-state index contributed by atoms with van der Waals surface area (Å²) >= 11 is 0. The van der Waals surface area contributed by atoms with Gasteiger partial charge >= 0.3 is 0 Å². The molecule has 0 nitrogen and oxygen atoms in total. The number of rotatable bonds is 0. The highest BCUT2D eigenvalue weighted by Crippen LogP contribution is 2.27. The molecule has 0 bridgehead atoms. The van der Waals surface area contributed by atoms with Crippen LogP contribution in [0.15, 0.2) is 54.6 Å². The highest BCUT2D eigenvalue weighted by molar-refractivity contribution is 6.09. The Balaban J connectivity index is 2.51. The maximum Gasteiger partial charge on any atom is 0.0323 e. The van der Waals surface area contributed by atoms with Crippen LogP contribution in [0.25, 0.3) is 21.5 Å². The molecule has 0 radical (unpaired) electrons. The van der Waals surface area contributed by atoms with Crippen LogP contribution in [0, 0.1) is 11.8 Å². The lowest BCUT2D eigenvalue weighted by Gasteiger charge is -2.05. The summed E-state index contributed by atoms with van der Waals surface area (Å²) in [6.45, 7) is 1.87. The van der Waals surface area contributed by atoms with Crippen molar-refractivity contribution in [3.63, 3.8) is 0 Å². The van der Waals surface area contributed by atoms with E-state index in [-0.39, 0.29) is 0 Å². The van der Waals surface area contributed by atoms with Crippen LogP contribution in [0.2, 0.25) is 0 Å². The Hall–Kier alpha value is -2.26. The average Bonchev–Trinajstić information content (AvgIpc) is 2.39. The second-order valence-corrected chi connectivity index (χ2v) is 4.06. The van der Waals surface area contributed by atoms with Crippen LogP contribution < -0.4 is 0 Å². The van der Waals surface area contributed by atoms with Gasteiger partial charge in [0, 0.05) is 5.56 Å². The third-order valence-electron chi connectivity index (χ3n) is 3.05. The zero-order valence-corrected chi connectivity index (χ0v) is 9.70. The SMILES string of the molecule is CC#Cc1cccc2c1ccc1ccccc12. The summed E-state index contributed by atoms with van der Waals surface area (Å²) in [6, 6.07) is 19.1. The first-order valence-corrected chi connectivity index (χ1v) is 5.73. The quantitative estimate of drug-likeness (QED) is 0.387. The van der Waals surface area contributed by atoms with Crippen molar-refractivity contribution in [2.24, 2.45) is 0 Å². The Morgan fingerprint density at radius 2 is 1.53 bits per heavy atom. The van der Waals surface area contributed by atoms with E-state index >= 15 is 0 Å². The fourth-order valence-corrected chi connectivity index (χ4v) is 2.28. The number of hydrogen-bond donors (Lipinski definition) is 0. The normalized spacial score (nSPS) is 10.2. The fraction of sp³-hybridized carbons (Fsp3) is 0.0588. The Kier molecular flexibility index (Phi) is 2.31. The molecule has 0 heterocycles. The summed E-state index contributed by atoms with van der Waals surface area (Å²) in [4.78, 5) is 0. The van der Waals surface area contributed by atoms with Crippen molar-refractivity contribution in [3.8, 4) is 11.8 Å². The topological polar surface area (TPSA) is 0 Å². The van der Waals surface area contributed by atoms with Crippen molar-refractivity contribution < 1.29 is 0 Å². The Labute approximate surface area is 101 Å². The minimum Gasteiger partial charge on any atom is -0.101 e. The summed E-state index contributed by atoms with van der Waals surface area (Å²) < 4.78 is 0. The second-order valence-electron chi connectivity index (χ2n) is 4.06.